The van der Waals surface area contributed by atoms with E-state index in [1.807, 2.05) is 26.0 Å². The SMILES string of the molecule is CC(=O)c1c(C(C)C)[nH]c2ccc(Br)cc2c1=O. The quantitative estimate of drug-likeness (QED) is 0.862. The first-order valence-electron chi connectivity index (χ1n) is 5.78. The Kier molecular flexibility index (Phi) is 3.39. The molecule has 94 valence electrons. The summed E-state index contributed by atoms with van der Waals surface area (Å²) < 4.78 is 0.826. The molecule has 1 N–H and O–H groups in total. The van der Waals surface area contributed by atoms with Gasteiger partial charge in [0.25, 0.3) is 0 Å². The molecule has 1 aromatic heterocycles. The Hall–Kier alpha value is -1.42. The second-order valence-electron chi connectivity index (χ2n) is 4.64. The van der Waals surface area contributed by atoms with Crippen LogP contribution in [0.3, 0.4) is 0 Å². The van der Waals surface area contributed by atoms with Gasteiger partial charge in [0.05, 0.1) is 5.56 Å². The van der Waals surface area contributed by atoms with Gasteiger partial charge in [0.2, 0.25) is 0 Å². The lowest BCUT2D eigenvalue weighted by atomic mass is 9.98. The van der Waals surface area contributed by atoms with Gasteiger partial charge in [0.15, 0.2) is 11.2 Å². The highest BCUT2D eigenvalue weighted by molar-refractivity contribution is 9.10. The van der Waals surface area contributed by atoms with Crippen molar-refractivity contribution in [2.45, 2.75) is 26.7 Å². The highest BCUT2D eigenvalue weighted by atomic mass is 79.9. The second-order valence-corrected chi connectivity index (χ2v) is 5.56. The Morgan fingerprint density at radius 2 is 2.00 bits per heavy atom. The maximum atomic E-state index is 12.4. The Labute approximate surface area is 113 Å². The molecule has 2 aromatic rings. The third-order valence-electron chi connectivity index (χ3n) is 2.92. The summed E-state index contributed by atoms with van der Waals surface area (Å²) in [5, 5.41) is 0.541. The Morgan fingerprint density at radius 3 is 2.56 bits per heavy atom. The van der Waals surface area contributed by atoms with Gasteiger partial charge >= 0.3 is 0 Å². The minimum absolute atomic E-state index is 0.102. The van der Waals surface area contributed by atoms with Gasteiger partial charge in [-0.15, -0.1) is 0 Å². The number of nitrogens with one attached hydrogen (secondary N) is 1. The number of hydrogen-bond acceptors (Lipinski definition) is 2. The predicted molar refractivity (Wildman–Crippen MR) is 76.4 cm³/mol. The van der Waals surface area contributed by atoms with Crippen LogP contribution in [0.25, 0.3) is 10.9 Å². The summed E-state index contributed by atoms with van der Waals surface area (Å²) in [5.41, 5.74) is 1.55. The molecule has 4 heteroatoms. The van der Waals surface area contributed by atoms with Gasteiger partial charge in [-0.1, -0.05) is 29.8 Å². The van der Waals surface area contributed by atoms with Crippen molar-refractivity contribution in [3.63, 3.8) is 0 Å². The largest absolute Gasteiger partial charge is 0.357 e. The van der Waals surface area contributed by atoms with Crippen LogP contribution < -0.4 is 5.43 Å². The van der Waals surface area contributed by atoms with Crippen molar-refractivity contribution in [2.75, 3.05) is 0 Å². The summed E-state index contributed by atoms with van der Waals surface area (Å²) in [4.78, 5) is 27.3. The Morgan fingerprint density at radius 1 is 1.33 bits per heavy atom. The maximum absolute atomic E-state index is 12.4. The van der Waals surface area contributed by atoms with Crippen LogP contribution in [0.15, 0.2) is 27.5 Å². The van der Waals surface area contributed by atoms with Gasteiger partial charge < -0.3 is 4.98 Å². The van der Waals surface area contributed by atoms with Crippen molar-refractivity contribution in [1.82, 2.24) is 4.98 Å². The fourth-order valence-electron chi connectivity index (χ4n) is 2.06. The van der Waals surface area contributed by atoms with E-state index in [9.17, 15) is 9.59 Å². The molecule has 0 aliphatic rings. The van der Waals surface area contributed by atoms with Crippen molar-refractivity contribution in [3.05, 3.63) is 44.2 Å². The number of hydrogen-bond donors (Lipinski definition) is 1. The fourth-order valence-corrected chi connectivity index (χ4v) is 2.42. The molecule has 0 radical (unpaired) electrons. The third kappa shape index (κ3) is 2.12. The molecule has 0 spiro atoms. The molecule has 1 heterocycles. The lowest BCUT2D eigenvalue weighted by molar-refractivity contribution is 0.101. The molecule has 0 saturated heterocycles. The molecule has 0 bridgehead atoms. The number of carbonyl (C=O) groups is 1. The van der Waals surface area contributed by atoms with Gasteiger partial charge in [-0.2, -0.15) is 0 Å². The second kappa shape index (κ2) is 4.69. The molecule has 18 heavy (non-hydrogen) atoms. The minimum atomic E-state index is -0.193. The van der Waals surface area contributed by atoms with Gasteiger partial charge in [-0.25, -0.2) is 0 Å². The van der Waals surface area contributed by atoms with Crippen LogP contribution in [-0.4, -0.2) is 10.8 Å². The molecular weight excluding hydrogens is 294 g/mol. The molecule has 1 aromatic carbocycles. The first kappa shape index (κ1) is 13.0. The minimum Gasteiger partial charge on any atom is -0.357 e. The first-order chi connectivity index (χ1) is 8.41. The monoisotopic (exact) mass is 307 g/mol. The van der Waals surface area contributed by atoms with Gasteiger partial charge in [0.1, 0.15) is 0 Å². The Bertz CT molecular complexity index is 686. The van der Waals surface area contributed by atoms with Gasteiger partial charge in [-0.3, -0.25) is 9.59 Å². The Balaban J connectivity index is 2.95. The standard InChI is InChI=1S/C14H14BrNO2/c1-7(2)13-12(8(3)17)14(18)10-6-9(15)4-5-11(10)16-13/h4-7H,1-3H3,(H,16,18). The van der Waals surface area contributed by atoms with Crippen molar-refractivity contribution in [3.8, 4) is 0 Å². The predicted octanol–water partition coefficient (Wildman–Crippen LogP) is 3.62. The zero-order valence-corrected chi connectivity index (χ0v) is 12.1. The summed E-state index contributed by atoms with van der Waals surface area (Å²) >= 11 is 3.34. The molecule has 0 aliphatic carbocycles. The van der Waals surface area contributed by atoms with Crippen molar-refractivity contribution in [2.24, 2.45) is 0 Å². The van der Waals surface area contributed by atoms with E-state index in [4.69, 9.17) is 0 Å². The van der Waals surface area contributed by atoms with Crippen molar-refractivity contribution in [1.29, 1.82) is 0 Å². The molecule has 2 rings (SSSR count). The molecule has 0 aliphatic heterocycles. The number of pyridine rings is 1. The summed E-state index contributed by atoms with van der Waals surface area (Å²) in [6, 6.07) is 5.46. The zero-order valence-electron chi connectivity index (χ0n) is 10.5. The number of carbonyl (C=O) groups excluding carboxylic acids is 1. The lowest BCUT2D eigenvalue weighted by Crippen LogP contribution is -2.19. The van der Waals surface area contributed by atoms with Crippen molar-refractivity contribution >= 4 is 32.6 Å². The number of halogens is 1. The third-order valence-corrected chi connectivity index (χ3v) is 3.41. The van der Waals surface area contributed by atoms with Crippen LogP contribution >= 0.6 is 15.9 Å². The summed E-state index contributed by atoms with van der Waals surface area (Å²) in [5.74, 6) is -0.0912. The van der Waals surface area contributed by atoms with Gasteiger partial charge in [0, 0.05) is 21.1 Å². The zero-order chi connectivity index (χ0) is 13.4. The summed E-state index contributed by atoms with van der Waals surface area (Å²) in [6.07, 6.45) is 0. The van der Waals surface area contributed by atoms with Crippen molar-refractivity contribution < 1.29 is 4.79 Å². The average molecular weight is 308 g/mol. The molecule has 0 amide bonds. The number of fused-ring (bicyclic) bond motifs is 1. The van der Waals surface area contributed by atoms with Gasteiger partial charge in [-0.05, 0) is 31.0 Å². The molecule has 0 fully saturated rings. The number of Topliss-reactive ketones (excluding diaryl/α,β-unsaturated/α-hetero) is 1. The van der Waals surface area contributed by atoms with E-state index < -0.39 is 0 Å². The van der Waals surface area contributed by atoms with E-state index in [1.165, 1.54) is 6.92 Å². The van der Waals surface area contributed by atoms with Crippen LogP contribution in [0.5, 0.6) is 0 Å². The van der Waals surface area contributed by atoms with E-state index in [0.29, 0.717) is 11.1 Å². The number of ketones is 1. The van der Waals surface area contributed by atoms with E-state index >= 15 is 0 Å². The average Bonchev–Trinajstić information content (AvgIpc) is 2.28. The summed E-state index contributed by atoms with van der Waals surface area (Å²) in [7, 11) is 0. The maximum Gasteiger partial charge on any atom is 0.200 e. The number of H-pyrrole nitrogens is 1. The normalized spacial score (nSPS) is 11.2. The first-order valence-corrected chi connectivity index (χ1v) is 6.57. The van der Waals surface area contributed by atoms with E-state index in [-0.39, 0.29) is 22.7 Å². The van der Waals surface area contributed by atoms with Crippen LogP contribution in [0.4, 0.5) is 0 Å². The highest BCUT2D eigenvalue weighted by Crippen LogP contribution is 2.21. The molecule has 0 unspecified atom stereocenters. The smallest absolute Gasteiger partial charge is 0.200 e. The fraction of sp³-hybridized carbons (Fsp3) is 0.286. The van der Waals surface area contributed by atoms with E-state index in [1.54, 1.807) is 6.07 Å². The van der Waals surface area contributed by atoms with E-state index in [0.717, 1.165) is 9.99 Å². The number of benzene rings is 1. The molecule has 0 atom stereocenters. The molecular formula is C14H14BrNO2. The molecule has 3 nitrogen and oxygen atoms in total. The summed E-state index contributed by atoms with van der Waals surface area (Å²) in [6.45, 7) is 5.35. The van der Waals surface area contributed by atoms with E-state index in [2.05, 4.69) is 20.9 Å². The lowest BCUT2D eigenvalue weighted by Gasteiger charge is -2.12. The number of rotatable bonds is 2. The highest BCUT2D eigenvalue weighted by Gasteiger charge is 2.17. The topological polar surface area (TPSA) is 49.9 Å². The van der Waals surface area contributed by atoms with Crippen LogP contribution in [0.1, 0.15) is 42.7 Å². The van der Waals surface area contributed by atoms with Crippen LogP contribution in [0.2, 0.25) is 0 Å². The van der Waals surface area contributed by atoms with Crippen LogP contribution in [-0.2, 0) is 0 Å². The number of aromatic nitrogens is 1. The molecule has 0 saturated carbocycles. The number of aromatic amines is 1. The van der Waals surface area contributed by atoms with Crippen LogP contribution in [0, 0.1) is 0 Å².